The Kier molecular flexibility index (Phi) is 6.62. The molecule has 0 bridgehead atoms. The van der Waals surface area contributed by atoms with E-state index in [1.807, 2.05) is 19.0 Å². The van der Waals surface area contributed by atoms with E-state index in [4.69, 9.17) is 14.9 Å². The zero-order valence-corrected chi connectivity index (χ0v) is 11.4. The number of halogens is 4. The number of diazo groups is 1. The molecule has 0 aliphatic carbocycles. The molecule has 0 aromatic heterocycles. The van der Waals surface area contributed by atoms with Crippen molar-refractivity contribution in [2.24, 2.45) is 0 Å². The van der Waals surface area contributed by atoms with Gasteiger partial charge < -0.3 is 31.6 Å². The van der Waals surface area contributed by atoms with Gasteiger partial charge in [0.2, 0.25) is 11.1 Å². The third kappa shape index (κ3) is 6.13. The summed E-state index contributed by atoms with van der Waals surface area (Å²) in [5.41, 5.74) is 1.21. The molecule has 5 nitrogen and oxygen atoms in total. The van der Waals surface area contributed by atoms with Gasteiger partial charge in [-0.3, -0.25) is 0 Å². The molecule has 10 heteroatoms. The molecule has 0 amide bonds. The lowest BCUT2D eigenvalue weighted by atomic mass is 10.2. The Bertz CT molecular complexity index is 483. The molecular weight excluding hydrogens is 281 g/mol. The third-order valence-electron chi connectivity index (χ3n) is 2.07. The SMILES string of the molecule is COc1cc(N(C)C)c(OC)cc1[N+]#N.F[B-](F)(F)F. The highest BCUT2D eigenvalue weighted by molar-refractivity contribution is 6.50. The van der Waals surface area contributed by atoms with Gasteiger partial charge in [0.1, 0.15) is 0 Å². The van der Waals surface area contributed by atoms with E-state index in [1.165, 1.54) is 7.11 Å². The van der Waals surface area contributed by atoms with Crippen molar-refractivity contribution in [3.8, 4) is 11.5 Å². The van der Waals surface area contributed by atoms with Crippen LogP contribution in [0.4, 0.5) is 28.6 Å². The second-order valence-electron chi connectivity index (χ2n) is 3.69. The van der Waals surface area contributed by atoms with Crippen LogP contribution in [0.15, 0.2) is 12.1 Å². The van der Waals surface area contributed by atoms with Gasteiger partial charge in [0.05, 0.1) is 26.0 Å². The Labute approximate surface area is 113 Å². The van der Waals surface area contributed by atoms with E-state index < -0.39 is 7.25 Å². The smallest absolute Gasteiger partial charge is 0.494 e. The van der Waals surface area contributed by atoms with Gasteiger partial charge in [-0.1, -0.05) is 0 Å². The lowest BCUT2D eigenvalue weighted by Gasteiger charge is -2.16. The summed E-state index contributed by atoms with van der Waals surface area (Å²) in [7, 11) is 0.881. The van der Waals surface area contributed by atoms with Crippen molar-refractivity contribution in [1.29, 1.82) is 5.39 Å². The van der Waals surface area contributed by atoms with Crippen molar-refractivity contribution in [2.45, 2.75) is 0 Å². The molecule has 112 valence electrons. The number of anilines is 1. The quantitative estimate of drug-likeness (QED) is 0.486. The van der Waals surface area contributed by atoms with Crippen LogP contribution in [0.5, 0.6) is 11.5 Å². The fourth-order valence-electron chi connectivity index (χ4n) is 1.29. The first kappa shape index (κ1) is 17.8. The van der Waals surface area contributed by atoms with Crippen LogP contribution in [-0.4, -0.2) is 35.6 Å². The second kappa shape index (κ2) is 7.42. The van der Waals surface area contributed by atoms with Crippen LogP contribution < -0.4 is 14.4 Å². The fraction of sp³-hybridized carbons (Fsp3) is 0.400. The topological polar surface area (TPSA) is 49.9 Å². The number of nitrogens with zero attached hydrogens (tertiary/aromatic N) is 3. The van der Waals surface area contributed by atoms with Crippen LogP contribution in [0.3, 0.4) is 0 Å². The minimum absolute atomic E-state index is 0.347. The van der Waals surface area contributed by atoms with Crippen LogP contribution >= 0.6 is 0 Å². The molecule has 20 heavy (non-hydrogen) atoms. The molecule has 0 heterocycles. The van der Waals surface area contributed by atoms with E-state index in [-0.39, 0.29) is 0 Å². The summed E-state index contributed by atoms with van der Waals surface area (Å²) in [4.78, 5) is 5.02. The number of rotatable bonds is 3. The molecule has 0 fully saturated rings. The second-order valence-corrected chi connectivity index (χ2v) is 3.69. The van der Waals surface area contributed by atoms with Gasteiger partial charge >= 0.3 is 12.9 Å². The Balaban J connectivity index is 0.000000621. The molecule has 0 atom stereocenters. The summed E-state index contributed by atoms with van der Waals surface area (Å²) < 4.78 is 49.3. The summed E-state index contributed by atoms with van der Waals surface area (Å²) in [6.07, 6.45) is 0. The Morgan fingerprint density at radius 1 is 1.05 bits per heavy atom. The first-order chi connectivity index (χ1) is 9.13. The van der Waals surface area contributed by atoms with Crippen LogP contribution in [0, 0.1) is 5.39 Å². The number of methoxy groups -OCH3 is 2. The highest BCUT2D eigenvalue weighted by Gasteiger charge is 2.21. The van der Waals surface area contributed by atoms with E-state index in [2.05, 4.69) is 4.98 Å². The normalized spacial score (nSPS) is 9.95. The number of hydrogen-bond acceptors (Lipinski definition) is 4. The maximum absolute atomic E-state index is 9.75. The zero-order chi connectivity index (χ0) is 15.9. The highest BCUT2D eigenvalue weighted by atomic mass is 19.5. The fourth-order valence-corrected chi connectivity index (χ4v) is 1.29. The molecule has 1 rings (SSSR count). The molecule has 0 saturated heterocycles. The van der Waals surface area contributed by atoms with Gasteiger partial charge in [0.15, 0.2) is 10.7 Å². The average molecular weight is 295 g/mol. The van der Waals surface area contributed by atoms with E-state index in [0.29, 0.717) is 17.2 Å². The van der Waals surface area contributed by atoms with Crippen molar-refractivity contribution < 1.29 is 26.7 Å². The van der Waals surface area contributed by atoms with Crippen LogP contribution in [0.1, 0.15) is 0 Å². The van der Waals surface area contributed by atoms with Gasteiger partial charge in [-0.2, -0.15) is 0 Å². The molecule has 0 unspecified atom stereocenters. The minimum Gasteiger partial charge on any atom is -0.494 e. The van der Waals surface area contributed by atoms with Gasteiger partial charge in [-0.15, -0.1) is 0 Å². The van der Waals surface area contributed by atoms with Crippen molar-refractivity contribution in [2.75, 3.05) is 33.2 Å². The maximum atomic E-state index is 9.75. The average Bonchev–Trinajstić information content (AvgIpc) is 2.34. The monoisotopic (exact) mass is 295 g/mol. The molecule has 0 N–H and O–H groups in total. The molecule has 1 aromatic rings. The lowest BCUT2D eigenvalue weighted by molar-refractivity contribution is 0.368. The third-order valence-corrected chi connectivity index (χ3v) is 2.07. The van der Waals surface area contributed by atoms with Crippen LogP contribution in [0.25, 0.3) is 4.98 Å². The predicted molar refractivity (Wildman–Crippen MR) is 68.8 cm³/mol. The molecular formula is C10H14BF4N3O2. The van der Waals surface area contributed by atoms with Crippen LogP contribution in [-0.2, 0) is 0 Å². The van der Waals surface area contributed by atoms with E-state index >= 15 is 0 Å². The molecule has 0 radical (unpaired) electrons. The molecule has 0 aliphatic rings. The summed E-state index contributed by atoms with van der Waals surface area (Å²) >= 11 is 0. The van der Waals surface area contributed by atoms with Crippen molar-refractivity contribution in [3.63, 3.8) is 0 Å². The summed E-state index contributed by atoms with van der Waals surface area (Å²) in [6.45, 7) is 0. The number of hydrogen-bond donors (Lipinski definition) is 0. The number of ether oxygens (including phenoxy) is 2. The van der Waals surface area contributed by atoms with Crippen molar-refractivity contribution >= 4 is 18.6 Å². The van der Waals surface area contributed by atoms with Gasteiger partial charge in [-0.05, 0) is 0 Å². The van der Waals surface area contributed by atoms with Crippen molar-refractivity contribution in [1.82, 2.24) is 0 Å². The molecule has 0 saturated carbocycles. The van der Waals surface area contributed by atoms with Crippen LogP contribution in [0.2, 0.25) is 0 Å². The van der Waals surface area contributed by atoms with Gasteiger partial charge in [0, 0.05) is 20.2 Å². The van der Waals surface area contributed by atoms with E-state index in [0.717, 1.165) is 5.69 Å². The molecule has 1 aromatic carbocycles. The van der Waals surface area contributed by atoms with Gasteiger partial charge in [-0.25, -0.2) is 0 Å². The summed E-state index contributed by atoms with van der Waals surface area (Å²) in [5.74, 6) is 1.13. The Morgan fingerprint density at radius 3 is 1.80 bits per heavy atom. The summed E-state index contributed by atoms with van der Waals surface area (Å²) in [6, 6.07) is 3.38. The Morgan fingerprint density at radius 2 is 1.50 bits per heavy atom. The first-order valence-electron chi connectivity index (χ1n) is 5.29. The first-order valence-corrected chi connectivity index (χ1v) is 5.29. The standard InChI is InChI=1S/C10H14N3O2.BF4/c1-13(2)8-6-9(14-3)7(12-11)5-10(8)15-4;2-1(3,4)5/h5-6H,1-4H3;/q+1;-1. The van der Waals surface area contributed by atoms with Crippen molar-refractivity contribution in [3.05, 3.63) is 17.1 Å². The molecule has 0 aliphatic heterocycles. The van der Waals surface area contributed by atoms with E-state index in [1.54, 1.807) is 19.2 Å². The highest BCUT2D eigenvalue weighted by Crippen LogP contribution is 2.39. The predicted octanol–water partition coefficient (Wildman–Crippen LogP) is 3.55. The number of benzene rings is 1. The minimum atomic E-state index is -6.00. The molecule has 0 spiro atoms. The summed E-state index contributed by atoms with van der Waals surface area (Å²) in [5, 5.41) is 8.77. The lowest BCUT2D eigenvalue weighted by Crippen LogP contribution is -2.10. The van der Waals surface area contributed by atoms with Gasteiger partial charge in [0.25, 0.3) is 0 Å². The largest absolute Gasteiger partial charge is 0.673 e. The zero-order valence-electron chi connectivity index (χ0n) is 11.4. The maximum Gasteiger partial charge on any atom is 0.673 e. The van der Waals surface area contributed by atoms with E-state index in [9.17, 15) is 17.3 Å². The Hall–Kier alpha value is -2.18.